The Kier molecular flexibility index (Phi) is 5.43. The van der Waals surface area contributed by atoms with Gasteiger partial charge in [-0.15, -0.1) is 11.8 Å². The molecule has 1 nitrogen and oxygen atoms in total. The Bertz CT molecular complexity index is 557. The van der Waals surface area contributed by atoms with Crippen LogP contribution in [0, 0.1) is 0 Å². The molecule has 0 saturated carbocycles. The van der Waals surface area contributed by atoms with E-state index in [1.165, 1.54) is 0 Å². The maximum Gasteiger partial charge on any atom is 0.0640 e. The van der Waals surface area contributed by atoms with Crippen LogP contribution >= 0.6 is 46.6 Å². The third kappa shape index (κ3) is 4.04. The Morgan fingerprint density at radius 1 is 1.00 bits per heavy atom. The summed E-state index contributed by atoms with van der Waals surface area (Å²) < 4.78 is 0. The van der Waals surface area contributed by atoms with Crippen molar-refractivity contribution in [2.24, 2.45) is 5.73 Å². The van der Waals surface area contributed by atoms with Crippen LogP contribution in [0.5, 0.6) is 0 Å². The smallest absolute Gasteiger partial charge is 0.0640 e. The van der Waals surface area contributed by atoms with Crippen molar-refractivity contribution < 1.29 is 0 Å². The molecule has 2 aromatic carbocycles. The number of benzene rings is 2. The first kappa shape index (κ1) is 15.0. The van der Waals surface area contributed by atoms with E-state index in [0.29, 0.717) is 10.0 Å². The molecule has 1 atom stereocenters. The van der Waals surface area contributed by atoms with Gasteiger partial charge < -0.3 is 5.73 Å². The van der Waals surface area contributed by atoms with Crippen LogP contribution in [0.25, 0.3) is 0 Å². The highest BCUT2D eigenvalue weighted by molar-refractivity contribution is 7.99. The molecule has 2 rings (SSSR count). The van der Waals surface area contributed by atoms with E-state index in [-0.39, 0.29) is 6.04 Å². The van der Waals surface area contributed by atoms with Gasteiger partial charge in [-0.05, 0) is 35.9 Å². The topological polar surface area (TPSA) is 26.0 Å². The maximum atomic E-state index is 6.15. The van der Waals surface area contributed by atoms with Gasteiger partial charge in [0.1, 0.15) is 0 Å². The number of hydrogen-bond acceptors (Lipinski definition) is 2. The molecule has 2 N–H and O–H groups in total. The first-order valence-corrected chi connectivity index (χ1v) is 7.77. The molecule has 0 heterocycles. The first-order chi connectivity index (χ1) is 9.08. The van der Waals surface area contributed by atoms with Crippen molar-refractivity contribution in [3.05, 3.63) is 63.1 Å². The first-order valence-electron chi connectivity index (χ1n) is 5.66. The lowest BCUT2D eigenvalue weighted by atomic mass is 10.1. The summed E-state index contributed by atoms with van der Waals surface area (Å²) in [6.45, 7) is 0. The average Bonchev–Trinajstić information content (AvgIpc) is 2.41. The molecule has 0 aliphatic carbocycles. The average molecular weight is 333 g/mol. The van der Waals surface area contributed by atoms with E-state index in [2.05, 4.69) is 0 Å². The molecular weight excluding hydrogens is 321 g/mol. The minimum atomic E-state index is -0.160. The largest absolute Gasteiger partial charge is 0.323 e. The molecular formula is C14H12Cl3NS. The van der Waals surface area contributed by atoms with Gasteiger partial charge >= 0.3 is 0 Å². The maximum absolute atomic E-state index is 6.15. The van der Waals surface area contributed by atoms with E-state index in [1.54, 1.807) is 17.8 Å². The summed E-state index contributed by atoms with van der Waals surface area (Å²) in [6, 6.07) is 13.0. The Balaban J connectivity index is 2.03. The summed E-state index contributed by atoms with van der Waals surface area (Å²) in [4.78, 5) is 1.12. The van der Waals surface area contributed by atoms with Crippen molar-refractivity contribution in [1.29, 1.82) is 0 Å². The van der Waals surface area contributed by atoms with E-state index in [4.69, 9.17) is 40.5 Å². The van der Waals surface area contributed by atoms with Gasteiger partial charge in [-0.3, -0.25) is 0 Å². The molecule has 0 fully saturated rings. The van der Waals surface area contributed by atoms with E-state index >= 15 is 0 Å². The zero-order chi connectivity index (χ0) is 13.8. The van der Waals surface area contributed by atoms with Crippen LogP contribution < -0.4 is 5.73 Å². The van der Waals surface area contributed by atoms with Gasteiger partial charge in [-0.25, -0.2) is 0 Å². The highest BCUT2D eigenvalue weighted by atomic mass is 35.5. The zero-order valence-electron chi connectivity index (χ0n) is 9.95. The Hall–Kier alpha value is -0.380. The van der Waals surface area contributed by atoms with Crippen molar-refractivity contribution in [2.45, 2.75) is 10.9 Å². The molecule has 2 aromatic rings. The fraction of sp³-hybridized carbons (Fsp3) is 0.143. The van der Waals surface area contributed by atoms with Crippen LogP contribution in [0.1, 0.15) is 11.6 Å². The monoisotopic (exact) mass is 331 g/mol. The van der Waals surface area contributed by atoms with Crippen LogP contribution in [0.2, 0.25) is 15.1 Å². The second-order valence-corrected chi connectivity index (χ2v) is 6.33. The summed E-state index contributed by atoms with van der Waals surface area (Å²) in [6.07, 6.45) is 0. The van der Waals surface area contributed by atoms with E-state index in [9.17, 15) is 0 Å². The van der Waals surface area contributed by atoms with Crippen molar-refractivity contribution in [3.63, 3.8) is 0 Å². The predicted molar refractivity (Wildman–Crippen MR) is 85.6 cm³/mol. The van der Waals surface area contributed by atoms with Gasteiger partial charge in [0, 0.05) is 21.7 Å². The number of hydrogen-bond donors (Lipinski definition) is 1. The molecule has 19 heavy (non-hydrogen) atoms. The molecule has 0 bridgehead atoms. The minimum absolute atomic E-state index is 0.160. The molecule has 100 valence electrons. The van der Waals surface area contributed by atoms with Gasteiger partial charge in [-0.1, -0.05) is 46.9 Å². The van der Waals surface area contributed by atoms with E-state index in [0.717, 1.165) is 21.2 Å². The summed E-state index contributed by atoms with van der Waals surface area (Å²) in [5.74, 6) is 0.724. The van der Waals surface area contributed by atoms with Gasteiger partial charge in [0.05, 0.1) is 10.0 Å². The van der Waals surface area contributed by atoms with Gasteiger partial charge in [0.25, 0.3) is 0 Å². The fourth-order valence-corrected chi connectivity index (χ4v) is 3.07. The number of rotatable bonds is 4. The number of halogens is 3. The van der Waals surface area contributed by atoms with E-state index < -0.39 is 0 Å². The van der Waals surface area contributed by atoms with Crippen LogP contribution in [0.15, 0.2) is 47.4 Å². The van der Waals surface area contributed by atoms with Crippen LogP contribution in [0.4, 0.5) is 0 Å². The zero-order valence-corrected chi connectivity index (χ0v) is 13.0. The highest BCUT2D eigenvalue weighted by Gasteiger charge is 2.12. The van der Waals surface area contributed by atoms with Gasteiger partial charge in [-0.2, -0.15) is 0 Å². The second kappa shape index (κ2) is 6.87. The lowest BCUT2D eigenvalue weighted by molar-refractivity contribution is 0.831. The highest BCUT2D eigenvalue weighted by Crippen LogP contribution is 2.32. The molecule has 0 aliphatic heterocycles. The SMILES string of the molecule is NC(CSc1ccc(Cl)cc1)c1cccc(Cl)c1Cl. The summed E-state index contributed by atoms with van der Waals surface area (Å²) in [5.41, 5.74) is 7.02. The molecule has 0 amide bonds. The van der Waals surface area contributed by atoms with Crippen LogP contribution in [0.3, 0.4) is 0 Å². The second-order valence-electron chi connectivity index (χ2n) is 4.01. The lowest BCUT2D eigenvalue weighted by Crippen LogP contribution is -2.13. The Morgan fingerprint density at radius 3 is 2.37 bits per heavy atom. The standard InChI is InChI=1S/C14H12Cl3NS/c15-9-4-6-10(7-5-9)19-8-13(18)11-2-1-3-12(16)14(11)17/h1-7,13H,8,18H2. The van der Waals surface area contributed by atoms with Gasteiger partial charge in [0.2, 0.25) is 0 Å². The number of nitrogens with two attached hydrogens (primary N) is 1. The van der Waals surface area contributed by atoms with E-state index in [1.807, 2.05) is 36.4 Å². The molecule has 5 heteroatoms. The molecule has 1 unspecified atom stereocenters. The molecule has 0 aliphatic rings. The van der Waals surface area contributed by atoms with Crippen molar-refractivity contribution in [2.75, 3.05) is 5.75 Å². The summed E-state index contributed by atoms with van der Waals surface area (Å²) in [7, 11) is 0. The van der Waals surface area contributed by atoms with Crippen molar-refractivity contribution in [3.8, 4) is 0 Å². The quantitative estimate of drug-likeness (QED) is 0.754. The minimum Gasteiger partial charge on any atom is -0.323 e. The van der Waals surface area contributed by atoms with Crippen LogP contribution in [-0.2, 0) is 0 Å². The predicted octanol–water partition coefficient (Wildman–Crippen LogP) is 5.44. The fourth-order valence-electron chi connectivity index (χ4n) is 1.61. The Labute approximate surface area is 132 Å². The summed E-state index contributed by atoms with van der Waals surface area (Å²) >= 11 is 19.6. The van der Waals surface area contributed by atoms with Gasteiger partial charge in [0.15, 0.2) is 0 Å². The lowest BCUT2D eigenvalue weighted by Gasteiger charge is -2.14. The third-order valence-electron chi connectivity index (χ3n) is 2.62. The summed E-state index contributed by atoms with van der Waals surface area (Å²) in [5, 5.41) is 1.80. The Morgan fingerprint density at radius 2 is 1.68 bits per heavy atom. The molecule has 0 aromatic heterocycles. The third-order valence-corrected chi connectivity index (χ3v) is 4.84. The van der Waals surface area contributed by atoms with Crippen molar-refractivity contribution >= 4 is 46.6 Å². The number of thioether (sulfide) groups is 1. The molecule has 0 saturated heterocycles. The van der Waals surface area contributed by atoms with Crippen molar-refractivity contribution in [1.82, 2.24) is 0 Å². The molecule has 0 spiro atoms. The molecule has 0 radical (unpaired) electrons. The normalized spacial score (nSPS) is 12.4. The van der Waals surface area contributed by atoms with Crippen LogP contribution in [-0.4, -0.2) is 5.75 Å².